The monoisotopic (exact) mass is 245 g/mol. The van der Waals surface area contributed by atoms with E-state index in [1.165, 1.54) is 0 Å². The summed E-state index contributed by atoms with van der Waals surface area (Å²) in [5.41, 5.74) is 0.954. The predicted octanol–water partition coefficient (Wildman–Crippen LogP) is 0.807. The number of anilines is 1. The summed E-state index contributed by atoms with van der Waals surface area (Å²) in [4.78, 5) is 15.2. The van der Waals surface area contributed by atoms with Crippen LogP contribution in [-0.2, 0) is 4.74 Å². The molecule has 0 unspecified atom stereocenters. The maximum absolute atomic E-state index is 5.35. The lowest BCUT2D eigenvalue weighted by Gasteiger charge is -2.28. The molecule has 2 aromatic heterocycles. The molecule has 3 rings (SSSR count). The van der Waals surface area contributed by atoms with Crippen molar-refractivity contribution in [2.75, 3.05) is 31.2 Å². The molecule has 0 bridgehead atoms. The second kappa shape index (κ2) is 4.73. The van der Waals surface area contributed by atoms with Crippen LogP contribution in [0.3, 0.4) is 0 Å². The van der Waals surface area contributed by atoms with Crippen LogP contribution in [0.5, 0.6) is 0 Å². The number of morpholine rings is 1. The van der Waals surface area contributed by atoms with Gasteiger partial charge in [0.15, 0.2) is 0 Å². The topological polar surface area (TPSA) is 56.1 Å². The number of nitrogens with zero attached hydrogens (tertiary/aromatic N) is 5. The molecule has 1 saturated heterocycles. The van der Waals surface area contributed by atoms with Crippen LogP contribution >= 0.6 is 0 Å². The van der Waals surface area contributed by atoms with Gasteiger partial charge in [0.1, 0.15) is 12.1 Å². The van der Waals surface area contributed by atoms with Crippen molar-refractivity contribution in [3.63, 3.8) is 0 Å². The van der Waals surface area contributed by atoms with Gasteiger partial charge in [0.25, 0.3) is 0 Å². The SMILES string of the molecule is Cc1cc(N2CCOCC2)nc(-n2ccnc2)n1. The average Bonchev–Trinajstić information content (AvgIpc) is 2.93. The molecule has 94 valence electrons. The van der Waals surface area contributed by atoms with Crippen LogP contribution in [0.15, 0.2) is 24.8 Å². The van der Waals surface area contributed by atoms with Crippen LogP contribution in [0, 0.1) is 6.92 Å². The molecule has 0 amide bonds. The van der Waals surface area contributed by atoms with Crippen LogP contribution in [0.4, 0.5) is 5.82 Å². The Bertz CT molecular complexity index is 519. The number of hydrogen-bond acceptors (Lipinski definition) is 5. The van der Waals surface area contributed by atoms with Gasteiger partial charge in [0, 0.05) is 37.2 Å². The summed E-state index contributed by atoms with van der Waals surface area (Å²) in [6.45, 7) is 5.23. The van der Waals surface area contributed by atoms with Crippen LogP contribution < -0.4 is 4.90 Å². The lowest BCUT2D eigenvalue weighted by molar-refractivity contribution is 0.122. The molecule has 0 aromatic carbocycles. The second-order valence-electron chi connectivity index (χ2n) is 4.24. The van der Waals surface area contributed by atoms with Gasteiger partial charge in [-0.05, 0) is 6.92 Å². The number of hydrogen-bond donors (Lipinski definition) is 0. The van der Waals surface area contributed by atoms with E-state index in [4.69, 9.17) is 4.74 Å². The van der Waals surface area contributed by atoms with E-state index in [0.29, 0.717) is 5.95 Å². The summed E-state index contributed by atoms with van der Waals surface area (Å²) < 4.78 is 7.17. The van der Waals surface area contributed by atoms with Crippen molar-refractivity contribution in [2.45, 2.75) is 6.92 Å². The third-order valence-corrected chi connectivity index (χ3v) is 2.90. The minimum Gasteiger partial charge on any atom is -0.378 e. The normalized spacial score (nSPS) is 15.9. The lowest BCUT2D eigenvalue weighted by atomic mass is 10.3. The molecule has 1 aliphatic rings. The minimum absolute atomic E-state index is 0.661. The van der Waals surface area contributed by atoms with Crippen LogP contribution in [0.1, 0.15) is 5.69 Å². The first-order valence-corrected chi connectivity index (χ1v) is 5.99. The first-order chi connectivity index (χ1) is 8.83. The van der Waals surface area contributed by atoms with Gasteiger partial charge in [-0.15, -0.1) is 0 Å². The second-order valence-corrected chi connectivity index (χ2v) is 4.24. The lowest BCUT2D eigenvalue weighted by Crippen LogP contribution is -2.37. The predicted molar refractivity (Wildman–Crippen MR) is 66.9 cm³/mol. The zero-order valence-corrected chi connectivity index (χ0v) is 10.3. The van der Waals surface area contributed by atoms with Crippen LogP contribution in [0.25, 0.3) is 5.95 Å². The van der Waals surface area contributed by atoms with Crippen molar-refractivity contribution in [3.05, 3.63) is 30.5 Å². The minimum atomic E-state index is 0.661. The first-order valence-electron chi connectivity index (χ1n) is 5.99. The van der Waals surface area contributed by atoms with Crippen molar-refractivity contribution in [1.82, 2.24) is 19.5 Å². The maximum atomic E-state index is 5.35. The van der Waals surface area contributed by atoms with Crippen LogP contribution in [0.2, 0.25) is 0 Å². The molecule has 6 heteroatoms. The van der Waals surface area contributed by atoms with Crippen molar-refractivity contribution < 1.29 is 4.74 Å². The molecule has 0 saturated carbocycles. The standard InChI is InChI=1S/C12H15N5O/c1-10-8-11(16-4-6-18-7-5-16)15-12(14-10)17-3-2-13-9-17/h2-3,8-9H,4-7H2,1H3. The Hall–Kier alpha value is -1.95. The molecule has 3 heterocycles. The van der Waals surface area contributed by atoms with Crippen molar-refractivity contribution in [1.29, 1.82) is 0 Å². The highest BCUT2D eigenvalue weighted by Crippen LogP contribution is 2.15. The largest absolute Gasteiger partial charge is 0.378 e. The Morgan fingerprint density at radius 2 is 2.06 bits per heavy atom. The number of imidazole rings is 1. The maximum Gasteiger partial charge on any atom is 0.237 e. The fraction of sp³-hybridized carbons (Fsp3) is 0.417. The van der Waals surface area contributed by atoms with Gasteiger partial charge in [-0.25, -0.2) is 9.97 Å². The summed E-state index contributed by atoms with van der Waals surface area (Å²) in [6, 6.07) is 2.01. The fourth-order valence-corrected chi connectivity index (χ4v) is 1.98. The molecule has 0 atom stereocenters. The van der Waals surface area contributed by atoms with Crippen LogP contribution in [-0.4, -0.2) is 45.8 Å². The van der Waals surface area contributed by atoms with Crippen molar-refractivity contribution >= 4 is 5.82 Å². The fourth-order valence-electron chi connectivity index (χ4n) is 1.98. The molecular weight excluding hydrogens is 230 g/mol. The van der Waals surface area contributed by atoms with Crippen molar-refractivity contribution in [3.8, 4) is 5.95 Å². The van der Waals surface area contributed by atoms with Gasteiger partial charge >= 0.3 is 0 Å². The van der Waals surface area contributed by atoms with E-state index in [0.717, 1.165) is 37.8 Å². The average molecular weight is 245 g/mol. The van der Waals surface area contributed by atoms with E-state index in [1.807, 2.05) is 23.8 Å². The van der Waals surface area contributed by atoms with E-state index in [9.17, 15) is 0 Å². The van der Waals surface area contributed by atoms with Gasteiger partial charge in [0.05, 0.1) is 13.2 Å². The molecule has 0 aliphatic carbocycles. The summed E-state index contributed by atoms with van der Waals surface area (Å²) in [5.74, 6) is 1.61. The van der Waals surface area contributed by atoms with E-state index in [-0.39, 0.29) is 0 Å². The van der Waals surface area contributed by atoms with E-state index >= 15 is 0 Å². The zero-order chi connectivity index (χ0) is 12.4. The van der Waals surface area contributed by atoms with Gasteiger partial charge in [-0.3, -0.25) is 4.57 Å². The van der Waals surface area contributed by atoms with Crippen molar-refractivity contribution in [2.24, 2.45) is 0 Å². The van der Waals surface area contributed by atoms with E-state index < -0.39 is 0 Å². The highest BCUT2D eigenvalue weighted by atomic mass is 16.5. The molecule has 2 aromatic rings. The zero-order valence-electron chi connectivity index (χ0n) is 10.3. The summed E-state index contributed by atoms with van der Waals surface area (Å²) in [7, 11) is 0. The molecule has 6 nitrogen and oxygen atoms in total. The summed E-state index contributed by atoms with van der Waals surface area (Å²) >= 11 is 0. The third kappa shape index (κ3) is 2.19. The molecule has 1 aliphatic heterocycles. The number of ether oxygens (including phenoxy) is 1. The Kier molecular flexibility index (Phi) is 2.93. The van der Waals surface area contributed by atoms with Gasteiger partial charge in [-0.2, -0.15) is 4.98 Å². The molecule has 1 fully saturated rings. The van der Waals surface area contributed by atoms with E-state index in [2.05, 4.69) is 19.9 Å². The smallest absolute Gasteiger partial charge is 0.237 e. The Morgan fingerprint density at radius 3 is 2.78 bits per heavy atom. The van der Waals surface area contributed by atoms with Gasteiger partial charge in [-0.1, -0.05) is 0 Å². The van der Waals surface area contributed by atoms with E-state index in [1.54, 1.807) is 12.5 Å². The molecule has 0 N–H and O–H groups in total. The molecule has 0 spiro atoms. The number of aromatic nitrogens is 4. The number of aryl methyl sites for hydroxylation is 1. The summed E-state index contributed by atoms with van der Waals surface area (Å²) in [6.07, 6.45) is 5.27. The highest BCUT2D eigenvalue weighted by Gasteiger charge is 2.14. The Morgan fingerprint density at radius 1 is 1.22 bits per heavy atom. The summed E-state index contributed by atoms with van der Waals surface area (Å²) in [5, 5.41) is 0. The Balaban J connectivity index is 1.95. The molecular formula is C12H15N5O. The molecule has 0 radical (unpaired) electrons. The number of rotatable bonds is 2. The third-order valence-electron chi connectivity index (χ3n) is 2.90. The molecule has 18 heavy (non-hydrogen) atoms. The quantitative estimate of drug-likeness (QED) is 0.783. The highest BCUT2D eigenvalue weighted by molar-refractivity contribution is 5.42. The Labute approximate surface area is 105 Å². The first kappa shape index (κ1) is 11.2. The van der Waals surface area contributed by atoms with Gasteiger partial charge in [0.2, 0.25) is 5.95 Å². The van der Waals surface area contributed by atoms with Gasteiger partial charge < -0.3 is 9.64 Å².